The largest absolute Gasteiger partial charge is 0.351 e. The molecule has 0 fully saturated rings. The molecule has 0 saturated carbocycles. The fourth-order valence-corrected chi connectivity index (χ4v) is 5.20. The van der Waals surface area contributed by atoms with E-state index in [4.69, 9.17) is 0 Å². The van der Waals surface area contributed by atoms with Gasteiger partial charge >= 0.3 is 6.03 Å². The number of hydrogen-bond acceptors (Lipinski definition) is 4. The van der Waals surface area contributed by atoms with Crippen molar-refractivity contribution in [3.63, 3.8) is 0 Å². The van der Waals surface area contributed by atoms with Crippen molar-refractivity contribution in [1.82, 2.24) is 25.3 Å². The topological polar surface area (TPSA) is 111 Å². The van der Waals surface area contributed by atoms with E-state index in [9.17, 15) is 4.79 Å². The van der Waals surface area contributed by atoms with Gasteiger partial charge < -0.3 is 25.9 Å². The minimum Gasteiger partial charge on any atom is -0.351 e. The van der Waals surface area contributed by atoms with Crippen LogP contribution in [0.2, 0.25) is 0 Å². The van der Waals surface area contributed by atoms with E-state index in [2.05, 4.69) is 176 Å². The van der Waals surface area contributed by atoms with E-state index in [0.717, 1.165) is 39.5 Å². The number of carbonyl (C=O) groups is 1. The van der Waals surface area contributed by atoms with E-state index in [1.165, 1.54) is 16.7 Å². The van der Waals surface area contributed by atoms with Crippen LogP contribution in [0.25, 0.3) is 22.1 Å². The number of H-pyrrole nitrogens is 2. The van der Waals surface area contributed by atoms with Crippen LogP contribution in [0.1, 0.15) is 140 Å². The quantitative estimate of drug-likeness (QED) is 0.128. The molecule has 0 unspecified atom stereocenters. The summed E-state index contributed by atoms with van der Waals surface area (Å²) in [6.45, 7) is 36.6. The molecule has 3 aromatic carbocycles. The lowest BCUT2D eigenvalue weighted by atomic mass is 9.87. The van der Waals surface area contributed by atoms with Crippen molar-refractivity contribution < 1.29 is 4.79 Å². The van der Waals surface area contributed by atoms with Crippen LogP contribution in [0, 0.1) is 0 Å². The first-order chi connectivity index (χ1) is 23.6. The van der Waals surface area contributed by atoms with E-state index >= 15 is 0 Å². The van der Waals surface area contributed by atoms with Gasteiger partial charge in [0.1, 0.15) is 5.82 Å². The SMILES string of the molecule is CC(C)(C)Nc1nc2ccc(C(C)(C)C)cc2[nH]1.CC(C)(C)c1ccc2nc(C(C)(C)C)[nH]c2c1.CC(C)NC(=O)Nc1ccc(C(C)(C)C)cc1. The maximum absolute atomic E-state index is 11.5. The molecule has 0 aliphatic heterocycles. The molecule has 0 spiro atoms. The van der Waals surface area contributed by atoms with E-state index in [-0.39, 0.29) is 39.3 Å². The number of benzene rings is 3. The van der Waals surface area contributed by atoms with Crippen LogP contribution < -0.4 is 16.0 Å². The first-order valence-corrected chi connectivity index (χ1v) is 18.6. The Morgan fingerprint density at radius 2 is 1.02 bits per heavy atom. The molecule has 0 aliphatic rings. The van der Waals surface area contributed by atoms with Gasteiger partial charge in [-0.05, 0) is 104 Å². The second-order valence-electron chi connectivity index (χ2n) is 19.3. The van der Waals surface area contributed by atoms with Crippen molar-refractivity contribution in [2.45, 2.75) is 151 Å². The van der Waals surface area contributed by atoms with Gasteiger partial charge in [-0.25, -0.2) is 14.8 Å². The lowest BCUT2D eigenvalue weighted by Crippen LogP contribution is -2.34. The summed E-state index contributed by atoms with van der Waals surface area (Å²) in [6.07, 6.45) is 0. The van der Waals surface area contributed by atoms with Gasteiger partial charge in [-0.2, -0.15) is 0 Å². The highest BCUT2D eigenvalue weighted by Crippen LogP contribution is 2.29. The molecule has 2 amide bonds. The van der Waals surface area contributed by atoms with Crippen molar-refractivity contribution >= 4 is 39.7 Å². The fourth-order valence-electron chi connectivity index (χ4n) is 5.20. The van der Waals surface area contributed by atoms with Gasteiger partial charge in [0.25, 0.3) is 0 Å². The molecular weight excluding hydrogens is 643 g/mol. The van der Waals surface area contributed by atoms with Crippen LogP contribution >= 0.6 is 0 Å². The molecule has 0 radical (unpaired) electrons. The Morgan fingerprint density at radius 3 is 1.44 bits per heavy atom. The second-order valence-corrected chi connectivity index (χ2v) is 19.3. The zero-order valence-electron chi connectivity index (χ0n) is 35.2. The van der Waals surface area contributed by atoms with Crippen molar-refractivity contribution in [3.8, 4) is 0 Å². The summed E-state index contributed by atoms with van der Waals surface area (Å²) >= 11 is 0. The summed E-state index contributed by atoms with van der Waals surface area (Å²) in [4.78, 5) is 27.5. The summed E-state index contributed by atoms with van der Waals surface area (Å²) in [6, 6.07) is 20.9. The fraction of sp³-hybridized carbons (Fsp3) is 0.523. The van der Waals surface area contributed by atoms with Crippen molar-refractivity contribution in [3.05, 3.63) is 83.2 Å². The number of rotatable bonds is 3. The Hall–Kier alpha value is -4.33. The van der Waals surface area contributed by atoms with Crippen molar-refractivity contribution in [2.24, 2.45) is 0 Å². The zero-order chi connectivity index (χ0) is 39.4. The van der Waals surface area contributed by atoms with E-state index < -0.39 is 0 Å². The molecule has 2 heterocycles. The molecule has 0 aliphatic carbocycles. The van der Waals surface area contributed by atoms with Crippen LogP contribution in [0.5, 0.6) is 0 Å². The highest BCUT2D eigenvalue weighted by Gasteiger charge is 2.20. The Morgan fingerprint density at radius 1 is 0.577 bits per heavy atom. The van der Waals surface area contributed by atoms with Crippen LogP contribution in [0.4, 0.5) is 16.4 Å². The number of carbonyl (C=O) groups excluding carboxylic acids is 1. The average Bonchev–Trinajstić information content (AvgIpc) is 3.58. The van der Waals surface area contributed by atoms with E-state index in [1.807, 2.05) is 38.1 Å². The average molecular weight is 710 g/mol. The molecule has 52 heavy (non-hydrogen) atoms. The van der Waals surface area contributed by atoms with Gasteiger partial charge in [0.05, 0.1) is 22.1 Å². The standard InChI is InChI=1S/C15H23N3.C15H22N2.C14H22N2O/c1-14(2,3)10-7-8-11-12(9-10)17-13(16-11)18-15(4,5)6;1-14(2,3)10-7-8-11-12(9-10)17-13(16-11)15(4,5)6;1-10(2)15-13(17)16-12-8-6-11(7-9-12)14(3,4)5/h7-9H,1-6H3,(H2,16,17,18);7-9H,1-6H3,(H,16,17);6-10H,1-5H3,(H2,15,16,17). The van der Waals surface area contributed by atoms with E-state index in [0.29, 0.717) is 0 Å². The second kappa shape index (κ2) is 15.7. The molecule has 5 N–H and O–H groups in total. The van der Waals surface area contributed by atoms with Crippen molar-refractivity contribution in [1.29, 1.82) is 0 Å². The predicted octanol–water partition coefficient (Wildman–Crippen LogP) is 11.7. The van der Waals surface area contributed by atoms with Gasteiger partial charge in [0.2, 0.25) is 5.95 Å². The number of nitrogens with one attached hydrogen (secondary N) is 5. The smallest absolute Gasteiger partial charge is 0.319 e. The first-order valence-electron chi connectivity index (χ1n) is 18.6. The molecule has 0 saturated heterocycles. The minimum absolute atomic E-state index is 0.0146. The highest BCUT2D eigenvalue weighted by molar-refractivity contribution is 5.89. The predicted molar refractivity (Wildman–Crippen MR) is 224 cm³/mol. The number of aromatic amines is 2. The number of nitrogens with zero attached hydrogens (tertiary/aromatic N) is 2. The molecular formula is C44H67N7O. The van der Waals surface area contributed by atoms with Gasteiger partial charge in [-0.1, -0.05) is 107 Å². The summed E-state index contributed by atoms with van der Waals surface area (Å²) in [5.74, 6) is 1.89. The summed E-state index contributed by atoms with van der Waals surface area (Å²) < 4.78 is 0. The number of imidazole rings is 2. The maximum Gasteiger partial charge on any atom is 0.319 e. The summed E-state index contributed by atoms with van der Waals surface area (Å²) in [7, 11) is 0. The molecule has 0 bridgehead atoms. The molecule has 284 valence electrons. The Balaban J connectivity index is 0.000000210. The van der Waals surface area contributed by atoms with Crippen LogP contribution in [0.15, 0.2) is 60.7 Å². The first kappa shape index (κ1) is 42.1. The molecule has 2 aromatic heterocycles. The minimum atomic E-state index is -0.163. The molecule has 0 atom stereocenters. The van der Waals surface area contributed by atoms with Gasteiger partial charge in [0, 0.05) is 22.7 Å². The third-order valence-corrected chi connectivity index (χ3v) is 8.33. The lowest BCUT2D eigenvalue weighted by molar-refractivity contribution is 0.250. The molecule has 8 heteroatoms. The monoisotopic (exact) mass is 710 g/mol. The lowest BCUT2D eigenvalue weighted by Gasteiger charge is -2.19. The van der Waals surface area contributed by atoms with E-state index in [1.54, 1.807) is 0 Å². The molecule has 5 rings (SSSR count). The van der Waals surface area contributed by atoms with Crippen LogP contribution in [-0.2, 0) is 21.7 Å². The Bertz CT molecular complexity index is 1900. The number of amides is 2. The van der Waals surface area contributed by atoms with Crippen LogP contribution in [0.3, 0.4) is 0 Å². The number of urea groups is 1. The number of anilines is 2. The summed E-state index contributed by atoms with van der Waals surface area (Å²) in [5.41, 5.74) is 9.60. The Kier molecular flexibility index (Phi) is 12.7. The third kappa shape index (κ3) is 12.7. The molecule has 5 aromatic rings. The zero-order valence-corrected chi connectivity index (χ0v) is 35.2. The number of fused-ring (bicyclic) bond motifs is 2. The van der Waals surface area contributed by atoms with Gasteiger partial charge in [0.15, 0.2) is 0 Å². The highest BCUT2D eigenvalue weighted by atomic mass is 16.2. The summed E-state index contributed by atoms with van der Waals surface area (Å²) in [5, 5.41) is 8.95. The number of hydrogen-bond donors (Lipinski definition) is 5. The number of aromatic nitrogens is 4. The molecule has 8 nitrogen and oxygen atoms in total. The Labute approximate surface area is 313 Å². The third-order valence-electron chi connectivity index (χ3n) is 8.33. The maximum atomic E-state index is 11.5. The normalized spacial score (nSPS) is 12.6. The van der Waals surface area contributed by atoms with Crippen molar-refractivity contribution in [2.75, 3.05) is 10.6 Å². The van der Waals surface area contributed by atoms with Crippen LogP contribution in [-0.4, -0.2) is 37.5 Å². The van der Waals surface area contributed by atoms with Gasteiger partial charge in [-0.15, -0.1) is 0 Å². The van der Waals surface area contributed by atoms with Gasteiger partial charge in [-0.3, -0.25) is 0 Å².